The Balaban J connectivity index is 2.65. The van der Waals surface area contributed by atoms with Gasteiger partial charge in [0, 0.05) is 33.0 Å². The summed E-state index contributed by atoms with van der Waals surface area (Å²) in [6.45, 7) is 12.7. The molecule has 7 amide bonds. The van der Waals surface area contributed by atoms with E-state index in [0.29, 0.717) is 6.42 Å². The molecular formula is C49H76N10O12. The Labute approximate surface area is 416 Å². The fourth-order valence-electron chi connectivity index (χ4n) is 7.72. The topological polar surface area (TPSA) is 343 Å². The molecule has 2 rings (SSSR count). The Kier molecular flexibility index (Phi) is 24.9. The molecule has 1 aromatic carbocycles. The summed E-state index contributed by atoms with van der Waals surface area (Å²) in [6, 6.07) is 0.0105. The lowest BCUT2D eigenvalue weighted by molar-refractivity contribution is -0.146. The van der Waals surface area contributed by atoms with Crippen molar-refractivity contribution < 1.29 is 58.1 Å². The number of hydrogen-bond donors (Lipinski definition) is 10. The minimum absolute atomic E-state index is 0.00993. The molecular weight excluding hydrogens is 921 g/mol. The van der Waals surface area contributed by atoms with E-state index in [0.717, 1.165) is 16.0 Å². The number of nitrogens with two attached hydrogens (primary N) is 2. The lowest BCUT2D eigenvalue weighted by Crippen LogP contribution is -2.59. The van der Waals surface area contributed by atoms with Crippen LogP contribution in [0.3, 0.4) is 0 Å². The number of carboxylic acid groups (broad SMARTS) is 2. The first kappa shape index (κ1) is 60.3. The fourth-order valence-corrected chi connectivity index (χ4v) is 7.72. The van der Waals surface area contributed by atoms with Gasteiger partial charge < -0.3 is 63.2 Å². The summed E-state index contributed by atoms with van der Waals surface area (Å²) in [5.74, 6) is -12.0. The Morgan fingerprint density at radius 2 is 1.39 bits per heavy atom. The van der Waals surface area contributed by atoms with Crippen molar-refractivity contribution in [3.8, 4) is 0 Å². The van der Waals surface area contributed by atoms with E-state index < -0.39 is 120 Å². The lowest BCUT2D eigenvalue weighted by Gasteiger charge is -2.30. The standard InChI is InChI=1S/C49H76N10O12/c1-26(2)23-36-45(65)58-40(48(69)70)30(6)42(62)53-31(7)43(63)55-34(19-18-27(3)24-28(4)38(71-10)25-33-15-12-11-13-16-33)29(5)41(61)56-35(47(67)68)20-21-39(60)59(9)37(17-14-22-52-49(50)51)46(66)54-32(8)44(64)57-36/h11-13,15-16,18-19,24,26,28-32,34-38,40H,14,17,20-23,25H2,1-10H3,(H,53,62)(H,54,66)(H,55,63)(H,56,61)(H,57,64)(H,58,65)(H,67,68)(H,69,70)(H4,50,51,52)/b19-18+,27-24+/t28-,29-,30-,31-,32+,34?,35+,36-,37?,38-,40?/m0/s1. The van der Waals surface area contributed by atoms with Crippen LogP contribution in [0.4, 0.5) is 0 Å². The van der Waals surface area contributed by atoms with Gasteiger partial charge in [0.15, 0.2) is 5.96 Å². The van der Waals surface area contributed by atoms with E-state index >= 15 is 0 Å². The van der Waals surface area contributed by atoms with Gasteiger partial charge in [0.2, 0.25) is 41.4 Å². The lowest BCUT2D eigenvalue weighted by atomic mass is 9.94. The van der Waals surface area contributed by atoms with E-state index in [1.807, 2.05) is 50.3 Å². The molecule has 22 nitrogen and oxygen atoms in total. The number of aliphatic imine (C=N–C) groups is 1. The number of ether oxygens (including phenoxy) is 1. The predicted octanol–water partition coefficient (Wildman–Crippen LogP) is 0.493. The van der Waals surface area contributed by atoms with Crippen molar-refractivity contribution in [2.45, 2.75) is 142 Å². The van der Waals surface area contributed by atoms with E-state index in [1.54, 1.807) is 33.1 Å². The van der Waals surface area contributed by atoms with Crippen molar-refractivity contribution >= 4 is 59.2 Å². The monoisotopic (exact) mass is 997 g/mol. The molecule has 71 heavy (non-hydrogen) atoms. The zero-order chi connectivity index (χ0) is 53.7. The maximum atomic E-state index is 13.9. The van der Waals surface area contributed by atoms with Crippen LogP contribution >= 0.6 is 0 Å². The molecule has 12 N–H and O–H groups in total. The third-order valence-electron chi connectivity index (χ3n) is 12.2. The van der Waals surface area contributed by atoms with Crippen molar-refractivity contribution in [3.63, 3.8) is 0 Å². The Morgan fingerprint density at radius 1 is 0.803 bits per heavy atom. The smallest absolute Gasteiger partial charge is 0.327 e. The highest BCUT2D eigenvalue weighted by molar-refractivity contribution is 5.97. The van der Waals surface area contributed by atoms with Crippen LogP contribution < -0.4 is 43.4 Å². The number of guanidine groups is 1. The molecule has 1 heterocycles. The predicted molar refractivity (Wildman–Crippen MR) is 265 cm³/mol. The number of aliphatic carboxylic acids is 2. The van der Waals surface area contributed by atoms with Gasteiger partial charge in [0.1, 0.15) is 36.3 Å². The highest BCUT2D eigenvalue weighted by atomic mass is 16.5. The number of methoxy groups -OCH3 is 1. The number of allylic oxidation sites excluding steroid dienone is 2. The number of nitrogens with one attached hydrogen (secondary N) is 6. The molecule has 3 unspecified atom stereocenters. The Morgan fingerprint density at radius 3 is 1.96 bits per heavy atom. The molecule has 1 saturated heterocycles. The van der Waals surface area contributed by atoms with Gasteiger partial charge in [-0.05, 0) is 64.4 Å². The zero-order valence-electron chi connectivity index (χ0n) is 42.5. The van der Waals surface area contributed by atoms with Gasteiger partial charge in [-0.15, -0.1) is 0 Å². The molecule has 1 aliphatic rings. The summed E-state index contributed by atoms with van der Waals surface area (Å²) >= 11 is 0. The normalized spacial score (nSPS) is 26.4. The number of carbonyl (C=O) groups is 9. The van der Waals surface area contributed by atoms with Crippen LogP contribution in [0, 0.1) is 23.7 Å². The number of likely N-dealkylation sites (N-methyl/N-ethyl adjacent to an activating group) is 1. The van der Waals surface area contributed by atoms with Crippen molar-refractivity contribution in [1.82, 2.24) is 36.8 Å². The molecule has 0 radical (unpaired) electrons. The molecule has 0 saturated carbocycles. The van der Waals surface area contributed by atoms with E-state index in [2.05, 4.69) is 36.9 Å². The van der Waals surface area contributed by atoms with Crippen LogP contribution in [0.1, 0.15) is 93.1 Å². The number of amides is 7. The minimum atomic E-state index is -1.84. The first-order valence-electron chi connectivity index (χ1n) is 23.8. The summed E-state index contributed by atoms with van der Waals surface area (Å²) in [4.78, 5) is 126. The molecule has 0 bridgehead atoms. The largest absolute Gasteiger partial charge is 0.480 e. The molecule has 0 aromatic heterocycles. The van der Waals surface area contributed by atoms with Gasteiger partial charge in [-0.1, -0.05) is 88.8 Å². The highest BCUT2D eigenvalue weighted by Crippen LogP contribution is 2.19. The highest BCUT2D eigenvalue weighted by Gasteiger charge is 2.37. The molecule has 1 aromatic rings. The number of rotatable bonds is 15. The van der Waals surface area contributed by atoms with Gasteiger partial charge in [0.05, 0.1) is 24.0 Å². The van der Waals surface area contributed by atoms with Gasteiger partial charge in [0.25, 0.3) is 0 Å². The second-order valence-electron chi connectivity index (χ2n) is 18.6. The van der Waals surface area contributed by atoms with Crippen LogP contribution in [-0.2, 0) is 54.3 Å². The molecule has 0 aliphatic carbocycles. The number of carboxylic acids is 2. The third-order valence-corrected chi connectivity index (χ3v) is 12.2. The van der Waals surface area contributed by atoms with Gasteiger partial charge in [-0.25, -0.2) is 9.59 Å². The molecule has 11 atom stereocenters. The second kappa shape index (κ2) is 29.4. The van der Waals surface area contributed by atoms with Crippen LogP contribution in [-0.4, -0.2) is 143 Å². The summed E-state index contributed by atoms with van der Waals surface area (Å²) in [5.41, 5.74) is 12.7. The SMILES string of the molecule is CO[C@@H](Cc1ccccc1)[C@@H](C)/C=C(C)/C=C/C1NC(=O)[C@H](C)NC(=O)[C@@H](C)C(C(=O)O)NC(=O)[C@H](CC(C)C)NC(=O)[C@@H](C)NC(=O)C(CCCN=C(N)N)N(C)C(=O)CC[C@H](C(=O)O)NC(=O)[C@H]1C. The third kappa shape index (κ3) is 20.2. The minimum Gasteiger partial charge on any atom is -0.480 e. The number of nitrogens with zero attached hydrogens (tertiary/aromatic N) is 2. The average molecular weight is 997 g/mol. The molecule has 22 heteroatoms. The average Bonchev–Trinajstić information content (AvgIpc) is 3.30. The summed E-state index contributed by atoms with van der Waals surface area (Å²) in [6.07, 6.45) is 4.93. The van der Waals surface area contributed by atoms with Crippen LogP contribution in [0.15, 0.2) is 59.1 Å². The van der Waals surface area contributed by atoms with Crippen LogP contribution in [0.25, 0.3) is 0 Å². The maximum absolute atomic E-state index is 13.9. The van der Waals surface area contributed by atoms with Gasteiger partial charge >= 0.3 is 11.9 Å². The van der Waals surface area contributed by atoms with E-state index in [-0.39, 0.29) is 49.7 Å². The second-order valence-corrected chi connectivity index (χ2v) is 18.6. The van der Waals surface area contributed by atoms with Crippen molar-refractivity contribution in [1.29, 1.82) is 0 Å². The number of carbonyl (C=O) groups excluding carboxylic acids is 7. The molecule has 1 fully saturated rings. The fraction of sp³-hybridized carbons (Fsp3) is 0.592. The van der Waals surface area contributed by atoms with Gasteiger partial charge in [-0.3, -0.25) is 38.6 Å². The van der Waals surface area contributed by atoms with Gasteiger partial charge in [-0.2, -0.15) is 0 Å². The molecule has 1 aliphatic heterocycles. The Hall–Kier alpha value is -6.84. The van der Waals surface area contributed by atoms with Crippen molar-refractivity contribution in [2.24, 2.45) is 40.1 Å². The van der Waals surface area contributed by atoms with Crippen LogP contribution in [0.5, 0.6) is 0 Å². The first-order valence-corrected chi connectivity index (χ1v) is 23.8. The van der Waals surface area contributed by atoms with E-state index in [4.69, 9.17) is 16.2 Å². The summed E-state index contributed by atoms with van der Waals surface area (Å²) in [5, 5.41) is 35.5. The van der Waals surface area contributed by atoms with Crippen molar-refractivity contribution in [3.05, 3.63) is 59.7 Å². The zero-order valence-corrected chi connectivity index (χ0v) is 42.5. The summed E-state index contributed by atoms with van der Waals surface area (Å²) in [7, 11) is 2.94. The molecule has 0 spiro atoms. The Bertz CT molecular complexity index is 2110. The summed E-state index contributed by atoms with van der Waals surface area (Å²) < 4.78 is 5.80. The molecule has 394 valence electrons. The van der Waals surface area contributed by atoms with E-state index in [9.17, 15) is 53.4 Å². The quantitative estimate of drug-likeness (QED) is 0.0495. The van der Waals surface area contributed by atoms with Crippen molar-refractivity contribution in [2.75, 3.05) is 20.7 Å². The van der Waals surface area contributed by atoms with Crippen LogP contribution in [0.2, 0.25) is 0 Å². The number of benzene rings is 1. The first-order chi connectivity index (χ1) is 33.3. The maximum Gasteiger partial charge on any atom is 0.327 e. The number of hydrogen-bond acceptors (Lipinski definition) is 11. The van der Waals surface area contributed by atoms with E-state index in [1.165, 1.54) is 34.7 Å².